The maximum atomic E-state index is 12.5. The van der Waals surface area contributed by atoms with E-state index in [9.17, 15) is 18.4 Å². The molecular weight excluding hydrogens is 372 g/mol. The van der Waals surface area contributed by atoms with Crippen molar-refractivity contribution in [2.45, 2.75) is 38.8 Å². The van der Waals surface area contributed by atoms with Crippen LogP contribution in [0.3, 0.4) is 0 Å². The van der Waals surface area contributed by atoms with Crippen LogP contribution in [0.4, 0.5) is 8.78 Å². The number of carboxylic acid groups (broad SMARTS) is 1. The first-order valence-corrected chi connectivity index (χ1v) is 8.94. The molecule has 28 heavy (non-hydrogen) atoms. The molecular formula is C19H21F2N3O4. The Morgan fingerprint density at radius 3 is 2.43 bits per heavy atom. The summed E-state index contributed by atoms with van der Waals surface area (Å²) in [5.74, 6) is -0.979. The predicted molar refractivity (Wildman–Crippen MR) is 95.6 cm³/mol. The van der Waals surface area contributed by atoms with Crippen LogP contribution in [0.2, 0.25) is 0 Å². The number of alkyl halides is 2. The number of carbonyl (C=O) groups is 2. The Bertz CT molecular complexity index is 843. The number of rotatable bonds is 6. The Balaban J connectivity index is 1.54. The standard InChI is InChI=1S/C19H21F2N3O4/c1-12-16(18(26)27)11-22-24(12)14-6-8-23(9-7-14)17(25)10-13-2-4-15(5-3-13)28-19(20)21/h2-5,11,14,19H,6-10H2,1H3,(H,26,27). The molecule has 1 fully saturated rings. The van der Waals surface area contributed by atoms with Crippen molar-refractivity contribution in [1.29, 1.82) is 0 Å². The van der Waals surface area contributed by atoms with E-state index >= 15 is 0 Å². The van der Waals surface area contributed by atoms with E-state index in [1.54, 1.807) is 28.6 Å². The first-order valence-electron chi connectivity index (χ1n) is 8.94. The van der Waals surface area contributed by atoms with E-state index in [1.807, 2.05) is 0 Å². The number of ether oxygens (including phenoxy) is 1. The van der Waals surface area contributed by atoms with Gasteiger partial charge in [0.15, 0.2) is 0 Å². The Morgan fingerprint density at radius 1 is 1.25 bits per heavy atom. The van der Waals surface area contributed by atoms with Crippen LogP contribution < -0.4 is 4.74 Å². The molecule has 0 spiro atoms. The molecule has 1 N–H and O–H groups in total. The van der Waals surface area contributed by atoms with E-state index in [2.05, 4.69) is 9.84 Å². The molecule has 0 bridgehead atoms. The van der Waals surface area contributed by atoms with Crippen LogP contribution in [0.25, 0.3) is 0 Å². The van der Waals surface area contributed by atoms with Crippen LogP contribution in [0.5, 0.6) is 5.75 Å². The molecule has 7 nitrogen and oxygen atoms in total. The second-order valence-electron chi connectivity index (χ2n) is 6.70. The van der Waals surface area contributed by atoms with E-state index in [1.165, 1.54) is 18.3 Å². The highest BCUT2D eigenvalue weighted by Gasteiger charge is 2.26. The Labute approximate surface area is 160 Å². The number of benzene rings is 1. The lowest BCUT2D eigenvalue weighted by Crippen LogP contribution is -2.40. The van der Waals surface area contributed by atoms with Crippen molar-refractivity contribution < 1.29 is 28.2 Å². The van der Waals surface area contributed by atoms with Crippen molar-refractivity contribution in [3.05, 3.63) is 47.3 Å². The largest absolute Gasteiger partial charge is 0.478 e. The van der Waals surface area contributed by atoms with Crippen molar-refractivity contribution in [3.8, 4) is 5.75 Å². The zero-order chi connectivity index (χ0) is 20.3. The number of carbonyl (C=O) groups excluding carboxylic acids is 1. The van der Waals surface area contributed by atoms with Crippen molar-refractivity contribution >= 4 is 11.9 Å². The monoisotopic (exact) mass is 393 g/mol. The first-order chi connectivity index (χ1) is 13.3. The van der Waals surface area contributed by atoms with Crippen LogP contribution in [0, 0.1) is 6.92 Å². The maximum absolute atomic E-state index is 12.5. The molecule has 1 aliphatic rings. The normalized spacial score (nSPS) is 15.1. The van der Waals surface area contributed by atoms with Crippen molar-refractivity contribution in [2.24, 2.45) is 0 Å². The lowest BCUT2D eigenvalue weighted by Gasteiger charge is -2.32. The smallest absolute Gasteiger partial charge is 0.387 e. The molecule has 1 aromatic carbocycles. The van der Waals surface area contributed by atoms with E-state index in [-0.39, 0.29) is 29.7 Å². The fourth-order valence-electron chi connectivity index (χ4n) is 3.44. The summed E-state index contributed by atoms with van der Waals surface area (Å²) in [5, 5.41) is 13.3. The van der Waals surface area contributed by atoms with Gasteiger partial charge in [-0.15, -0.1) is 0 Å². The second-order valence-corrected chi connectivity index (χ2v) is 6.70. The molecule has 2 aromatic rings. The van der Waals surface area contributed by atoms with E-state index < -0.39 is 12.6 Å². The molecule has 2 heterocycles. The highest BCUT2D eigenvalue weighted by atomic mass is 19.3. The van der Waals surface area contributed by atoms with Gasteiger partial charge in [-0.05, 0) is 37.5 Å². The molecule has 0 radical (unpaired) electrons. The first kappa shape index (κ1) is 19.8. The third-order valence-electron chi connectivity index (χ3n) is 4.94. The van der Waals surface area contributed by atoms with Crippen molar-refractivity contribution in [3.63, 3.8) is 0 Å². The topological polar surface area (TPSA) is 84.7 Å². The summed E-state index contributed by atoms with van der Waals surface area (Å²) in [6.07, 6.45) is 2.92. The van der Waals surface area contributed by atoms with Gasteiger partial charge >= 0.3 is 12.6 Å². The number of amides is 1. The number of aromatic nitrogens is 2. The molecule has 3 rings (SSSR count). The second kappa shape index (κ2) is 8.37. The molecule has 150 valence electrons. The Morgan fingerprint density at radius 2 is 1.89 bits per heavy atom. The summed E-state index contributed by atoms with van der Waals surface area (Å²) in [5.41, 5.74) is 1.53. The zero-order valence-corrected chi connectivity index (χ0v) is 15.3. The van der Waals surface area contributed by atoms with Gasteiger partial charge < -0.3 is 14.7 Å². The van der Waals surface area contributed by atoms with Gasteiger partial charge in [0.1, 0.15) is 11.3 Å². The van der Waals surface area contributed by atoms with E-state index in [4.69, 9.17) is 5.11 Å². The third kappa shape index (κ3) is 4.47. The summed E-state index contributed by atoms with van der Waals surface area (Å²) in [6, 6.07) is 6.09. The summed E-state index contributed by atoms with van der Waals surface area (Å²) in [4.78, 5) is 25.4. The van der Waals surface area contributed by atoms with Gasteiger partial charge in [-0.1, -0.05) is 12.1 Å². The number of hydrogen-bond acceptors (Lipinski definition) is 4. The lowest BCUT2D eigenvalue weighted by molar-refractivity contribution is -0.131. The van der Waals surface area contributed by atoms with Crippen LogP contribution in [-0.2, 0) is 11.2 Å². The molecule has 9 heteroatoms. The minimum atomic E-state index is -2.88. The quantitative estimate of drug-likeness (QED) is 0.816. The number of halogens is 2. The van der Waals surface area contributed by atoms with Gasteiger partial charge in [-0.2, -0.15) is 13.9 Å². The fraction of sp³-hybridized carbons (Fsp3) is 0.421. The SMILES string of the molecule is Cc1c(C(=O)O)cnn1C1CCN(C(=O)Cc2ccc(OC(F)F)cc2)CC1. The van der Waals surface area contributed by atoms with Crippen molar-refractivity contribution in [2.75, 3.05) is 13.1 Å². The molecule has 0 aliphatic carbocycles. The predicted octanol–water partition coefficient (Wildman–Crippen LogP) is 2.90. The molecule has 1 aromatic heterocycles. The summed E-state index contributed by atoms with van der Waals surface area (Å²) in [6.45, 7) is -0.0379. The average Bonchev–Trinajstić information content (AvgIpc) is 3.04. The minimum absolute atomic E-state index is 0.0376. The van der Waals surface area contributed by atoms with Gasteiger partial charge in [0.05, 0.1) is 24.4 Å². The summed E-state index contributed by atoms with van der Waals surface area (Å²) >= 11 is 0. The molecule has 0 saturated carbocycles. The van der Waals surface area contributed by atoms with Gasteiger partial charge in [-0.3, -0.25) is 9.48 Å². The fourth-order valence-corrected chi connectivity index (χ4v) is 3.44. The van der Waals surface area contributed by atoms with E-state index in [0.29, 0.717) is 31.6 Å². The molecule has 0 unspecified atom stereocenters. The van der Waals surface area contributed by atoms with E-state index in [0.717, 1.165) is 5.56 Å². The maximum Gasteiger partial charge on any atom is 0.387 e. The lowest BCUT2D eigenvalue weighted by atomic mass is 10.0. The van der Waals surface area contributed by atoms with Crippen LogP contribution in [0.15, 0.2) is 30.5 Å². The molecule has 0 atom stereocenters. The highest BCUT2D eigenvalue weighted by molar-refractivity contribution is 5.88. The number of nitrogens with zero attached hydrogens (tertiary/aromatic N) is 3. The number of aromatic carboxylic acids is 1. The van der Waals surface area contributed by atoms with Crippen LogP contribution >= 0.6 is 0 Å². The minimum Gasteiger partial charge on any atom is -0.478 e. The zero-order valence-electron chi connectivity index (χ0n) is 15.3. The summed E-state index contributed by atoms with van der Waals surface area (Å²) < 4.78 is 30.4. The highest BCUT2D eigenvalue weighted by Crippen LogP contribution is 2.25. The summed E-state index contributed by atoms with van der Waals surface area (Å²) in [7, 11) is 0. The van der Waals surface area contributed by atoms with Crippen LogP contribution in [-0.4, -0.2) is 51.4 Å². The Hall–Kier alpha value is -2.97. The average molecular weight is 393 g/mol. The number of piperidine rings is 1. The van der Waals surface area contributed by atoms with Crippen molar-refractivity contribution in [1.82, 2.24) is 14.7 Å². The van der Waals surface area contributed by atoms with Crippen LogP contribution in [0.1, 0.15) is 40.5 Å². The van der Waals surface area contributed by atoms with Gasteiger partial charge in [0, 0.05) is 13.1 Å². The van der Waals surface area contributed by atoms with Gasteiger partial charge in [0.25, 0.3) is 0 Å². The number of carboxylic acids is 1. The third-order valence-corrected chi connectivity index (χ3v) is 4.94. The molecule has 1 saturated heterocycles. The molecule has 1 aliphatic heterocycles. The van der Waals surface area contributed by atoms with Gasteiger partial charge in [0.2, 0.25) is 5.91 Å². The number of likely N-dealkylation sites (tertiary alicyclic amines) is 1. The Kier molecular flexibility index (Phi) is 5.91. The number of hydrogen-bond donors (Lipinski definition) is 1. The van der Waals surface area contributed by atoms with Gasteiger partial charge in [-0.25, -0.2) is 4.79 Å². The molecule has 1 amide bonds.